The van der Waals surface area contributed by atoms with Gasteiger partial charge in [-0.25, -0.2) is 0 Å². The summed E-state index contributed by atoms with van der Waals surface area (Å²) in [5, 5.41) is 27.7. The van der Waals surface area contributed by atoms with E-state index in [-0.39, 0.29) is 29.8 Å². The summed E-state index contributed by atoms with van der Waals surface area (Å²) in [6, 6.07) is 81.2. The summed E-state index contributed by atoms with van der Waals surface area (Å²) in [5.41, 5.74) is 1.12. The molecule has 0 aromatic heterocycles. The highest BCUT2D eigenvalue weighted by Gasteiger charge is 2.49. The van der Waals surface area contributed by atoms with Gasteiger partial charge in [0.1, 0.15) is 66.0 Å². The van der Waals surface area contributed by atoms with E-state index in [0.717, 1.165) is 11.1 Å². The standard InChI is InChI=1S/2C32H32OP.C8H3BF6O3/c2*33-32(28-23-21-27(22-24-28)26-13-5-1-6-14-26)25-34(29-15-7-2-8-16-29,30-17-9-3-10-18-30)31-19-11-4-12-20-31;10-7(11,12)4-1-5(8(13,14)15)3-6(2-4)18-9(16)17/h2*2-4,7-12,15-24,26H,1,5-6,13-14,25H2;1-3H/q2*+1;-2. The first kappa shape index (κ1) is 63.1. The molecule has 0 atom stereocenters. The van der Waals surface area contributed by atoms with Gasteiger partial charge in [0.05, 0.1) is 16.9 Å². The van der Waals surface area contributed by atoms with Gasteiger partial charge in [-0.3, -0.25) is 9.59 Å². The van der Waals surface area contributed by atoms with E-state index in [1.165, 1.54) is 107 Å². The van der Waals surface area contributed by atoms with Crippen LogP contribution in [0.2, 0.25) is 0 Å². The first-order valence-electron chi connectivity index (χ1n) is 29.2. The first-order valence-corrected chi connectivity index (χ1v) is 33.1. The molecule has 0 aliphatic heterocycles. The fourth-order valence-electron chi connectivity index (χ4n) is 12.0. The third kappa shape index (κ3) is 15.7. The summed E-state index contributed by atoms with van der Waals surface area (Å²) < 4.78 is 77.5. The van der Waals surface area contributed by atoms with Gasteiger partial charge in [0.25, 0.3) is 0 Å². The van der Waals surface area contributed by atoms with Crippen LogP contribution in [0.1, 0.15) is 119 Å². The molecule has 440 valence electrons. The van der Waals surface area contributed by atoms with Gasteiger partial charge in [0.15, 0.2) is 0 Å². The normalized spacial score (nSPS) is 14.1. The number of ketones is 2. The molecule has 0 radical (unpaired) electrons. The number of rotatable bonds is 16. The Kier molecular flexibility index (Phi) is 21.5. The Morgan fingerprint density at radius 3 is 0.872 bits per heavy atom. The topological polar surface area (TPSA) is 89.5 Å². The Hall–Kier alpha value is -7.46. The second-order valence-corrected chi connectivity index (χ2v) is 28.8. The van der Waals surface area contributed by atoms with Crippen LogP contribution >= 0.6 is 14.5 Å². The molecule has 2 aliphatic rings. The van der Waals surface area contributed by atoms with Crippen LogP contribution < -0.4 is 46.5 Å². The number of Topliss-reactive ketones (excluding diaryl/α,β-unsaturated/α-hetero) is 2. The largest absolute Gasteiger partial charge is 0.860 e. The van der Waals surface area contributed by atoms with Gasteiger partial charge in [0, 0.05) is 11.1 Å². The molecule has 2 saturated carbocycles. The maximum atomic E-state index is 13.9. The first-order chi connectivity index (χ1) is 41.5. The predicted molar refractivity (Wildman–Crippen MR) is 336 cm³/mol. The molecule has 0 saturated heterocycles. The number of halogens is 6. The summed E-state index contributed by atoms with van der Waals surface area (Å²) >= 11 is 0. The van der Waals surface area contributed by atoms with Crippen LogP contribution in [0.5, 0.6) is 5.75 Å². The van der Waals surface area contributed by atoms with Crippen molar-refractivity contribution in [1.82, 2.24) is 0 Å². The molecule has 86 heavy (non-hydrogen) atoms. The van der Waals surface area contributed by atoms with E-state index >= 15 is 0 Å². The molecular formula is C72H67BF6O5P2. The van der Waals surface area contributed by atoms with Gasteiger partial charge in [-0.1, -0.05) is 196 Å². The minimum Gasteiger partial charge on any atom is -0.860 e. The number of carbonyl (C=O) groups is 2. The van der Waals surface area contributed by atoms with E-state index in [1.807, 2.05) is 0 Å². The summed E-state index contributed by atoms with van der Waals surface area (Å²) in [4.78, 5) is 27.8. The van der Waals surface area contributed by atoms with Crippen molar-refractivity contribution in [2.75, 3.05) is 12.3 Å². The van der Waals surface area contributed by atoms with Gasteiger partial charge >= 0.3 is 12.4 Å². The van der Waals surface area contributed by atoms with E-state index in [1.54, 1.807) is 0 Å². The second-order valence-electron chi connectivity index (χ2n) is 21.9. The lowest BCUT2D eigenvalue weighted by molar-refractivity contribution is -0.372. The summed E-state index contributed by atoms with van der Waals surface area (Å²) in [5.74, 6) is 0.678. The van der Waals surface area contributed by atoms with E-state index in [0.29, 0.717) is 24.2 Å². The van der Waals surface area contributed by atoms with Crippen molar-refractivity contribution < 1.29 is 50.6 Å². The number of hydrogen-bond acceptors (Lipinski definition) is 5. The molecule has 11 rings (SSSR count). The molecule has 0 spiro atoms. The van der Waals surface area contributed by atoms with Crippen molar-refractivity contribution in [3.8, 4) is 5.75 Å². The minimum atomic E-state index is -5.05. The van der Waals surface area contributed by atoms with Crippen molar-refractivity contribution in [3.63, 3.8) is 0 Å². The third-order valence-electron chi connectivity index (χ3n) is 16.4. The van der Waals surface area contributed by atoms with Crippen molar-refractivity contribution >= 4 is 65.2 Å². The Labute approximate surface area is 502 Å². The number of benzene rings is 9. The Morgan fingerprint density at radius 2 is 0.640 bits per heavy atom. The van der Waals surface area contributed by atoms with E-state index in [2.05, 4.69) is 235 Å². The number of hydrogen-bond donors (Lipinski definition) is 0. The zero-order valence-electron chi connectivity index (χ0n) is 47.6. The summed E-state index contributed by atoms with van der Waals surface area (Å²) in [6.45, 7) is 0. The average Bonchev–Trinajstić information content (AvgIpc) is 1.25. The van der Waals surface area contributed by atoms with Crippen LogP contribution in [0.25, 0.3) is 0 Å². The molecule has 0 unspecified atom stereocenters. The lowest BCUT2D eigenvalue weighted by Crippen LogP contribution is -2.50. The predicted octanol–water partition coefficient (Wildman–Crippen LogP) is 14.6. The van der Waals surface area contributed by atoms with E-state index < -0.39 is 51.1 Å². The lowest BCUT2D eigenvalue weighted by atomic mass is 9.84. The maximum Gasteiger partial charge on any atom is 0.416 e. The second kappa shape index (κ2) is 29.3. The molecule has 14 heteroatoms. The van der Waals surface area contributed by atoms with Gasteiger partial charge in [-0.05, 0) is 140 Å². The van der Waals surface area contributed by atoms with Crippen molar-refractivity contribution in [3.05, 3.63) is 282 Å². The monoisotopic (exact) mass is 1200 g/mol. The highest BCUT2D eigenvalue weighted by molar-refractivity contribution is 7.96. The number of carbonyl (C=O) groups excluding carboxylic acids is 2. The SMILES string of the molecule is O=C(C[P+](c1ccccc1)(c1ccccc1)c1ccccc1)c1ccc(C2CCCCC2)cc1.O=C(C[P+](c1ccccc1)(c1ccccc1)c1ccccc1)c1ccc(C2CCCCC2)cc1.[O-]B([O-])Oc1cc(C(F)(F)F)cc(C(F)(F)F)c1. The van der Waals surface area contributed by atoms with E-state index in [4.69, 9.17) is 0 Å². The van der Waals surface area contributed by atoms with Gasteiger partial charge in [0.2, 0.25) is 11.6 Å². The van der Waals surface area contributed by atoms with E-state index in [9.17, 15) is 46.0 Å². The zero-order chi connectivity index (χ0) is 60.6. The van der Waals surface area contributed by atoms with Crippen molar-refractivity contribution in [1.29, 1.82) is 0 Å². The van der Waals surface area contributed by atoms with Crippen LogP contribution in [0, 0.1) is 0 Å². The molecule has 2 aliphatic carbocycles. The zero-order valence-corrected chi connectivity index (χ0v) is 49.4. The smallest absolute Gasteiger partial charge is 0.416 e. The Morgan fingerprint density at radius 1 is 0.384 bits per heavy atom. The van der Waals surface area contributed by atoms with Crippen molar-refractivity contribution in [2.45, 2.75) is 88.4 Å². The van der Waals surface area contributed by atoms with Gasteiger partial charge < -0.3 is 14.7 Å². The lowest BCUT2D eigenvalue weighted by Gasteiger charge is -2.27. The quantitative estimate of drug-likeness (QED) is 0.0416. The molecule has 0 bridgehead atoms. The molecule has 9 aromatic carbocycles. The number of alkyl halides is 6. The molecule has 0 heterocycles. The molecular weight excluding hydrogens is 1130 g/mol. The Balaban J connectivity index is 0.000000162. The van der Waals surface area contributed by atoms with Crippen molar-refractivity contribution in [2.24, 2.45) is 0 Å². The van der Waals surface area contributed by atoms with Crippen LogP contribution in [0.3, 0.4) is 0 Å². The molecule has 9 aromatic rings. The van der Waals surface area contributed by atoms with Gasteiger partial charge in [-0.15, -0.1) is 0 Å². The van der Waals surface area contributed by atoms with Crippen LogP contribution in [0.15, 0.2) is 249 Å². The Bertz CT molecular complexity index is 3130. The fraction of sp³-hybridized carbons (Fsp3) is 0.222. The highest BCUT2D eigenvalue weighted by Crippen LogP contribution is 2.57. The molecule has 5 nitrogen and oxygen atoms in total. The van der Waals surface area contributed by atoms with Crippen LogP contribution in [-0.4, -0.2) is 31.2 Å². The molecule has 0 N–H and O–H groups in total. The third-order valence-corrected chi connectivity index (χ3v) is 25.0. The average molecular weight is 1200 g/mol. The maximum absolute atomic E-state index is 13.9. The molecule has 0 amide bonds. The summed E-state index contributed by atoms with van der Waals surface area (Å²) in [7, 11) is -7.34. The van der Waals surface area contributed by atoms with Crippen LogP contribution in [0.4, 0.5) is 26.3 Å². The summed E-state index contributed by atoms with van der Waals surface area (Å²) in [6.07, 6.45) is 3.99. The molecule has 2 fully saturated rings. The minimum absolute atomic E-state index is 0.141. The highest BCUT2D eigenvalue weighted by atomic mass is 31.2. The van der Waals surface area contributed by atoms with Crippen LogP contribution in [-0.2, 0) is 12.4 Å². The fourth-order valence-corrected chi connectivity index (χ4v) is 20.2. The van der Waals surface area contributed by atoms with Gasteiger partial charge in [-0.2, -0.15) is 26.3 Å².